The Morgan fingerprint density at radius 3 is 2.15 bits per heavy atom. The number of allylic oxidation sites excluding steroid dienone is 1. The first kappa shape index (κ1) is 28.9. The summed E-state index contributed by atoms with van der Waals surface area (Å²) in [6.07, 6.45) is 4.05. The molecule has 0 fully saturated rings. The minimum Gasteiger partial charge on any atom is -0.321 e. The maximum Gasteiger partial charge on any atom is 0.276 e. The molecular weight excluding hydrogens is 565 g/mol. The third kappa shape index (κ3) is 7.76. The zero-order chi connectivity index (χ0) is 29.4. The summed E-state index contributed by atoms with van der Waals surface area (Å²) < 4.78 is 0. The van der Waals surface area contributed by atoms with Crippen molar-refractivity contribution in [3.8, 4) is 0 Å². The number of ketones is 1. The van der Waals surface area contributed by atoms with E-state index in [4.69, 9.17) is 23.2 Å². The van der Waals surface area contributed by atoms with E-state index in [1.54, 1.807) is 60.7 Å². The van der Waals surface area contributed by atoms with E-state index >= 15 is 0 Å². The van der Waals surface area contributed by atoms with E-state index in [2.05, 4.69) is 10.6 Å². The number of nitrogens with one attached hydrogen (secondary N) is 2. The van der Waals surface area contributed by atoms with Crippen LogP contribution in [-0.2, 0) is 4.79 Å². The molecule has 0 atom stereocenters. The van der Waals surface area contributed by atoms with E-state index in [-0.39, 0.29) is 22.2 Å². The number of hydrogen-bond donors (Lipinski definition) is 2. The molecule has 2 N–H and O–H groups in total. The van der Waals surface area contributed by atoms with Crippen molar-refractivity contribution in [2.75, 3.05) is 5.32 Å². The number of amides is 2. The van der Waals surface area contributed by atoms with Crippen molar-refractivity contribution in [1.82, 2.24) is 5.32 Å². The van der Waals surface area contributed by atoms with Crippen molar-refractivity contribution in [1.29, 1.82) is 0 Å². The van der Waals surface area contributed by atoms with Crippen LogP contribution in [0.3, 0.4) is 0 Å². The molecule has 204 valence electrons. The van der Waals surface area contributed by atoms with E-state index < -0.39 is 16.7 Å². The number of rotatable bonds is 9. The van der Waals surface area contributed by atoms with Gasteiger partial charge in [-0.25, -0.2) is 0 Å². The Kier molecular flexibility index (Phi) is 9.42. The Bertz CT molecular complexity index is 1680. The second-order valence-electron chi connectivity index (χ2n) is 8.59. The molecule has 2 amide bonds. The second kappa shape index (κ2) is 13.3. The van der Waals surface area contributed by atoms with Crippen LogP contribution in [0, 0.1) is 10.1 Å². The van der Waals surface area contributed by atoms with E-state index in [1.807, 2.05) is 0 Å². The lowest BCUT2D eigenvalue weighted by atomic mass is 10.1. The standard InChI is InChI=1S/C31H21Cl2N3O5/c32-24-14-10-23(26(33)19-24)18-27(35-30(38)22-7-2-1-3-8-22)31(39)34-25-15-11-21(12-16-25)29(37)17-13-20-6-4-5-9-28(20)36(40)41/h1-19H,(H,34,39)(H,35,38)/b17-13+,27-18-. The molecule has 0 radical (unpaired) electrons. The maximum absolute atomic E-state index is 13.2. The van der Waals surface area contributed by atoms with Gasteiger partial charge in [-0.15, -0.1) is 0 Å². The number of nitrogens with zero attached hydrogens (tertiary/aromatic N) is 1. The predicted octanol–water partition coefficient (Wildman–Crippen LogP) is 7.21. The van der Waals surface area contributed by atoms with Gasteiger partial charge in [-0.3, -0.25) is 24.5 Å². The summed E-state index contributed by atoms with van der Waals surface area (Å²) in [4.78, 5) is 49.3. The lowest BCUT2D eigenvalue weighted by Crippen LogP contribution is -2.30. The van der Waals surface area contributed by atoms with E-state index in [0.29, 0.717) is 33.0 Å². The molecule has 4 aromatic carbocycles. The van der Waals surface area contributed by atoms with Gasteiger partial charge < -0.3 is 10.6 Å². The second-order valence-corrected chi connectivity index (χ2v) is 9.43. The van der Waals surface area contributed by atoms with Gasteiger partial charge in [0.25, 0.3) is 17.5 Å². The molecule has 8 nitrogen and oxygen atoms in total. The average Bonchev–Trinajstić information content (AvgIpc) is 2.97. The Morgan fingerprint density at radius 2 is 1.46 bits per heavy atom. The summed E-state index contributed by atoms with van der Waals surface area (Å²) >= 11 is 12.3. The van der Waals surface area contributed by atoms with Crippen LogP contribution in [0.4, 0.5) is 11.4 Å². The van der Waals surface area contributed by atoms with Gasteiger partial charge in [-0.2, -0.15) is 0 Å². The fourth-order valence-electron chi connectivity index (χ4n) is 3.69. The molecular formula is C31H21Cl2N3O5. The summed E-state index contributed by atoms with van der Waals surface area (Å²) in [5, 5.41) is 17.2. The van der Waals surface area contributed by atoms with Gasteiger partial charge in [0.1, 0.15) is 5.70 Å². The Morgan fingerprint density at radius 1 is 0.780 bits per heavy atom. The van der Waals surface area contributed by atoms with Crippen molar-refractivity contribution >= 4 is 64.3 Å². The molecule has 4 rings (SSSR count). The number of nitro groups is 1. The molecule has 0 aromatic heterocycles. The van der Waals surface area contributed by atoms with Crippen LogP contribution in [0.25, 0.3) is 12.2 Å². The molecule has 0 saturated heterocycles. The van der Waals surface area contributed by atoms with Crippen LogP contribution in [0.1, 0.15) is 31.8 Å². The van der Waals surface area contributed by atoms with Crippen molar-refractivity contribution in [3.63, 3.8) is 0 Å². The molecule has 0 bridgehead atoms. The summed E-state index contributed by atoms with van der Waals surface area (Å²) in [5.74, 6) is -1.51. The van der Waals surface area contributed by atoms with Crippen molar-refractivity contribution in [3.05, 3.63) is 151 Å². The van der Waals surface area contributed by atoms with Crippen LogP contribution in [0.15, 0.2) is 109 Å². The molecule has 41 heavy (non-hydrogen) atoms. The Hall–Kier alpha value is -5.05. The van der Waals surface area contributed by atoms with Crippen molar-refractivity contribution < 1.29 is 19.3 Å². The first-order valence-electron chi connectivity index (χ1n) is 12.1. The fourth-order valence-corrected chi connectivity index (χ4v) is 4.15. The van der Waals surface area contributed by atoms with Crippen LogP contribution in [-0.4, -0.2) is 22.5 Å². The molecule has 0 heterocycles. The van der Waals surface area contributed by atoms with Gasteiger partial charge in [0.15, 0.2) is 5.78 Å². The van der Waals surface area contributed by atoms with Gasteiger partial charge in [0.05, 0.1) is 10.5 Å². The van der Waals surface area contributed by atoms with Gasteiger partial charge in [0.2, 0.25) is 0 Å². The van der Waals surface area contributed by atoms with Gasteiger partial charge in [-0.05, 0) is 78.4 Å². The van der Waals surface area contributed by atoms with Crippen LogP contribution < -0.4 is 10.6 Å². The zero-order valence-corrected chi connectivity index (χ0v) is 22.7. The number of carbonyl (C=O) groups is 3. The normalized spacial score (nSPS) is 11.2. The minimum absolute atomic E-state index is 0.0735. The smallest absolute Gasteiger partial charge is 0.276 e. The van der Waals surface area contributed by atoms with E-state index in [9.17, 15) is 24.5 Å². The van der Waals surface area contributed by atoms with Gasteiger partial charge >= 0.3 is 0 Å². The average molecular weight is 586 g/mol. The Balaban J connectivity index is 1.52. The molecule has 0 unspecified atom stereocenters. The third-order valence-corrected chi connectivity index (χ3v) is 6.33. The fraction of sp³-hybridized carbons (Fsp3) is 0. The SMILES string of the molecule is O=C(Nc1ccc(C(=O)/C=C/c2ccccc2[N+](=O)[O-])cc1)/C(=C/c1ccc(Cl)cc1Cl)NC(=O)c1ccccc1. The molecule has 0 spiro atoms. The minimum atomic E-state index is -0.629. The monoisotopic (exact) mass is 585 g/mol. The number of nitro benzene ring substituents is 1. The van der Waals surface area contributed by atoms with Crippen LogP contribution >= 0.6 is 23.2 Å². The number of hydrogen-bond acceptors (Lipinski definition) is 5. The summed E-state index contributed by atoms with van der Waals surface area (Å²) in [5.41, 5.74) is 1.59. The Labute approximate surface area is 245 Å². The summed E-state index contributed by atoms with van der Waals surface area (Å²) in [6, 6.07) is 25.3. The topological polar surface area (TPSA) is 118 Å². The largest absolute Gasteiger partial charge is 0.321 e. The quantitative estimate of drug-likeness (QED) is 0.0930. The molecule has 0 aliphatic carbocycles. The van der Waals surface area contributed by atoms with E-state index in [1.165, 1.54) is 54.6 Å². The third-order valence-electron chi connectivity index (χ3n) is 5.77. The van der Waals surface area contributed by atoms with Crippen molar-refractivity contribution in [2.45, 2.75) is 0 Å². The van der Waals surface area contributed by atoms with Gasteiger partial charge in [-0.1, -0.05) is 59.6 Å². The number of halogens is 2. The molecule has 0 aliphatic rings. The lowest BCUT2D eigenvalue weighted by Gasteiger charge is -2.12. The number of para-hydroxylation sites is 1. The van der Waals surface area contributed by atoms with Gasteiger partial charge in [0, 0.05) is 32.9 Å². The predicted molar refractivity (Wildman–Crippen MR) is 160 cm³/mol. The highest BCUT2D eigenvalue weighted by Crippen LogP contribution is 2.24. The van der Waals surface area contributed by atoms with Crippen LogP contribution in [0.2, 0.25) is 10.0 Å². The lowest BCUT2D eigenvalue weighted by molar-refractivity contribution is -0.385. The highest BCUT2D eigenvalue weighted by atomic mass is 35.5. The highest BCUT2D eigenvalue weighted by molar-refractivity contribution is 6.35. The molecule has 10 heteroatoms. The van der Waals surface area contributed by atoms with E-state index in [0.717, 1.165) is 0 Å². The first-order valence-corrected chi connectivity index (χ1v) is 12.9. The van der Waals surface area contributed by atoms with Crippen molar-refractivity contribution in [2.24, 2.45) is 0 Å². The highest BCUT2D eigenvalue weighted by Gasteiger charge is 2.16. The zero-order valence-electron chi connectivity index (χ0n) is 21.2. The summed E-state index contributed by atoms with van der Waals surface area (Å²) in [7, 11) is 0. The molecule has 0 aliphatic heterocycles. The summed E-state index contributed by atoms with van der Waals surface area (Å²) in [6.45, 7) is 0. The number of anilines is 1. The maximum atomic E-state index is 13.2. The van der Waals surface area contributed by atoms with Crippen LogP contribution in [0.5, 0.6) is 0 Å². The number of carbonyl (C=O) groups excluding carboxylic acids is 3. The molecule has 4 aromatic rings. The molecule has 0 saturated carbocycles. The number of benzene rings is 4. The first-order chi connectivity index (χ1) is 19.7.